The first-order chi connectivity index (χ1) is 13.6. The molecule has 1 aliphatic heterocycles. The summed E-state index contributed by atoms with van der Waals surface area (Å²) >= 11 is 0. The molecule has 0 atom stereocenters. The molecule has 1 aliphatic rings. The fourth-order valence-corrected chi connectivity index (χ4v) is 4.44. The normalized spacial score (nSPS) is 12.7. The summed E-state index contributed by atoms with van der Waals surface area (Å²) in [5.41, 5.74) is 6.68. The Hall–Kier alpha value is -3.26. The van der Waals surface area contributed by atoms with Crippen LogP contribution >= 0.6 is 0 Å². The van der Waals surface area contributed by atoms with E-state index in [-0.39, 0.29) is 0 Å². The summed E-state index contributed by atoms with van der Waals surface area (Å²) in [4.78, 5) is 0. The lowest BCUT2D eigenvalue weighted by molar-refractivity contribution is 0.486. The van der Waals surface area contributed by atoms with Crippen LogP contribution in [0.15, 0.2) is 65.1 Å². The van der Waals surface area contributed by atoms with Crippen LogP contribution in [0.5, 0.6) is 11.5 Å². The summed E-state index contributed by atoms with van der Waals surface area (Å²) in [5.74, 6) is 2.31. The van der Waals surface area contributed by atoms with Crippen LogP contribution in [0.2, 0.25) is 0 Å². The van der Waals surface area contributed by atoms with E-state index in [1.54, 1.807) is 0 Å². The van der Waals surface area contributed by atoms with E-state index in [4.69, 9.17) is 9.15 Å². The van der Waals surface area contributed by atoms with Gasteiger partial charge in [-0.25, -0.2) is 0 Å². The Morgan fingerprint density at radius 2 is 1.61 bits per heavy atom. The van der Waals surface area contributed by atoms with Crippen molar-refractivity contribution in [2.45, 2.75) is 26.7 Å². The van der Waals surface area contributed by atoms with E-state index in [2.05, 4.69) is 81.4 Å². The highest BCUT2D eigenvalue weighted by Gasteiger charge is 2.24. The molecule has 0 saturated carbocycles. The molecule has 5 aromatic rings. The Labute approximate surface area is 163 Å². The van der Waals surface area contributed by atoms with Gasteiger partial charge in [0.1, 0.15) is 22.7 Å². The molecule has 0 N–H and O–H groups in total. The standard InChI is InChI=1S/C26H20O2/c1-14(2)16-8-10-17-20-13-24-25(18-9-7-15(3)11-22(18)28-24)19-5-4-6-21(26(19)20)27-23(17)12-16/h4-14H,1-3H3. The number of ether oxygens (including phenoxy) is 1. The fourth-order valence-electron chi connectivity index (χ4n) is 4.44. The Balaban J connectivity index is 1.76. The zero-order valence-corrected chi connectivity index (χ0v) is 16.2. The molecule has 2 heteroatoms. The third-order valence-electron chi connectivity index (χ3n) is 5.90. The highest BCUT2D eigenvalue weighted by molar-refractivity contribution is 6.24. The largest absolute Gasteiger partial charge is 0.456 e. The maximum Gasteiger partial charge on any atom is 0.136 e. The minimum absolute atomic E-state index is 0.465. The number of hydrogen-bond donors (Lipinski definition) is 0. The molecular formula is C26H20O2. The number of rotatable bonds is 1. The summed E-state index contributed by atoms with van der Waals surface area (Å²) < 4.78 is 12.7. The molecule has 0 saturated heterocycles. The van der Waals surface area contributed by atoms with Gasteiger partial charge in [0.05, 0.1) is 0 Å². The van der Waals surface area contributed by atoms with Crippen molar-refractivity contribution in [3.8, 4) is 22.6 Å². The molecule has 28 heavy (non-hydrogen) atoms. The van der Waals surface area contributed by atoms with Crippen LogP contribution in [-0.4, -0.2) is 0 Å². The van der Waals surface area contributed by atoms with E-state index in [1.807, 2.05) is 0 Å². The van der Waals surface area contributed by atoms with E-state index >= 15 is 0 Å². The smallest absolute Gasteiger partial charge is 0.136 e. The maximum absolute atomic E-state index is 6.37. The first kappa shape index (κ1) is 15.8. The predicted octanol–water partition coefficient (Wildman–Crippen LogP) is 7.94. The molecule has 0 bridgehead atoms. The first-order valence-electron chi connectivity index (χ1n) is 9.81. The molecule has 0 spiro atoms. The molecule has 6 rings (SSSR count). The average Bonchev–Trinajstić information content (AvgIpc) is 3.05. The van der Waals surface area contributed by atoms with Crippen molar-refractivity contribution < 1.29 is 9.15 Å². The summed E-state index contributed by atoms with van der Waals surface area (Å²) in [6.07, 6.45) is 0. The van der Waals surface area contributed by atoms with Gasteiger partial charge in [-0.2, -0.15) is 0 Å². The van der Waals surface area contributed by atoms with Gasteiger partial charge >= 0.3 is 0 Å². The van der Waals surface area contributed by atoms with E-state index in [0.29, 0.717) is 5.92 Å². The van der Waals surface area contributed by atoms with E-state index in [0.717, 1.165) is 33.6 Å². The number of benzene rings is 4. The van der Waals surface area contributed by atoms with Gasteiger partial charge in [0.2, 0.25) is 0 Å². The van der Waals surface area contributed by atoms with Crippen molar-refractivity contribution in [1.29, 1.82) is 0 Å². The van der Waals surface area contributed by atoms with Gasteiger partial charge in [0, 0.05) is 27.3 Å². The highest BCUT2D eigenvalue weighted by atomic mass is 16.5. The van der Waals surface area contributed by atoms with Crippen molar-refractivity contribution in [2.24, 2.45) is 0 Å². The molecule has 0 fully saturated rings. The summed E-state index contributed by atoms with van der Waals surface area (Å²) in [6, 6.07) is 21.5. The van der Waals surface area contributed by atoms with Crippen LogP contribution in [0.3, 0.4) is 0 Å². The zero-order chi connectivity index (χ0) is 19.0. The molecule has 1 aromatic heterocycles. The lowest BCUT2D eigenvalue weighted by atomic mass is 9.90. The third-order valence-corrected chi connectivity index (χ3v) is 5.90. The topological polar surface area (TPSA) is 22.4 Å². The Morgan fingerprint density at radius 3 is 2.46 bits per heavy atom. The second-order valence-corrected chi connectivity index (χ2v) is 8.09. The van der Waals surface area contributed by atoms with Crippen molar-refractivity contribution in [3.05, 3.63) is 71.8 Å². The zero-order valence-electron chi connectivity index (χ0n) is 16.2. The number of furan rings is 1. The van der Waals surface area contributed by atoms with Crippen molar-refractivity contribution in [3.63, 3.8) is 0 Å². The van der Waals surface area contributed by atoms with E-state index in [1.165, 1.54) is 32.8 Å². The molecule has 0 aliphatic carbocycles. The second kappa shape index (κ2) is 5.39. The van der Waals surface area contributed by atoms with Gasteiger partial charge in [-0.3, -0.25) is 0 Å². The minimum atomic E-state index is 0.465. The molecule has 0 amide bonds. The monoisotopic (exact) mass is 364 g/mol. The summed E-state index contributed by atoms with van der Waals surface area (Å²) in [6.45, 7) is 6.51. The molecule has 0 radical (unpaired) electrons. The molecular weight excluding hydrogens is 344 g/mol. The van der Waals surface area contributed by atoms with E-state index < -0.39 is 0 Å². The summed E-state index contributed by atoms with van der Waals surface area (Å²) in [5, 5.41) is 4.68. The van der Waals surface area contributed by atoms with Crippen LogP contribution in [0, 0.1) is 6.92 Å². The highest BCUT2D eigenvalue weighted by Crippen LogP contribution is 2.50. The van der Waals surface area contributed by atoms with E-state index in [9.17, 15) is 0 Å². The summed E-state index contributed by atoms with van der Waals surface area (Å²) in [7, 11) is 0. The van der Waals surface area contributed by atoms with Gasteiger partial charge in [-0.15, -0.1) is 0 Å². The Bertz CT molecular complexity index is 1420. The minimum Gasteiger partial charge on any atom is -0.456 e. The van der Waals surface area contributed by atoms with Gasteiger partial charge in [-0.05, 0) is 53.6 Å². The number of hydrogen-bond acceptors (Lipinski definition) is 2. The Kier molecular flexibility index (Phi) is 3.03. The van der Waals surface area contributed by atoms with Crippen molar-refractivity contribution >= 4 is 32.7 Å². The lowest BCUT2D eigenvalue weighted by Crippen LogP contribution is -1.99. The molecule has 4 aromatic carbocycles. The van der Waals surface area contributed by atoms with Crippen LogP contribution in [0.1, 0.15) is 30.9 Å². The van der Waals surface area contributed by atoms with Gasteiger partial charge in [-0.1, -0.05) is 50.2 Å². The predicted molar refractivity (Wildman–Crippen MR) is 116 cm³/mol. The molecule has 2 nitrogen and oxygen atoms in total. The maximum atomic E-state index is 6.37. The van der Waals surface area contributed by atoms with Gasteiger partial charge < -0.3 is 9.15 Å². The molecule has 2 heterocycles. The quantitative estimate of drug-likeness (QED) is 0.295. The number of aryl methyl sites for hydroxylation is 1. The average molecular weight is 364 g/mol. The fraction of sp³-hybridized carbons (Fsp3) is 0.154. The second-order valence-electron chi connectivity index (χ2n) is 8.09. The van der Waals surface area contributed by atoms with Crippen molar-refractivity contribution in [2.75, 3.05) is 0 Å². The van der Waals surface area contributed by atoms with Crippen LogP contribution in [0.4, 0.5) is 0 Å². The third kappa shape index (κ3) is 2.03. The van der Waals surface area contributed by atoms with Crippen LogP contribution in [0.25, 0.3) is 43.8 Å². The first-order valence-corrected chi connectivity index (χ1v) is 9.81. The molecule has 136 valence electrons. The lowest BCUT2D eigenvalue weighted by Gasteiger charge is -2.22. The van der Waals surface area contributed by atoms with Crippen LogP contribution < -0.4 is 4.74 Å². The SMILES string of the molecule is Cc1ccc2c(c1)oc1cc3c4c(cccc4c12)Oc1cc(C(C)C)ccc1-3. The molecule has 0 unspecified atom stereocenters. The Morgan fingerprint density at radius 1 is 0.714 bits per heavy atom. The van der Waals surface area contributed by atoms with Crippen molar-refractivity contribution in [1.82, 2.24) is 0 Å². The van der Waals surface area contributed by atoms with Gasteiger partial charge in [0.25, 0.3) is 0 Å². The van der Waals surface area contributed by atoms with Gasteiger partial charge in [0.15, 0.2) is 0 Å². The van der Waals surface area contributed by atoms with Crippen LogP contribution in [-0.2, 0) is 0 Å². The number of fused-ring (bicyclic) bond motifs is 6.